The lowest BCUT2D eigenvalue weighted by atomic mass is 9.84. The van der Waals surface area contributed by atoms with Gasteiger partial charge in [-0.1, -0.05) is 119 Å². The van der Waals surface area contributed by atoms with Crippen LogP contribution in [0.3, 0.4) is 0 Å². The molecule has 2 aliphatic heterocycles. The van der Waals surface area contributed by atoms with E-state index in [2.05, 4.69) is 45.7 Å². The Kier molecular flexibility index (Phi) is 13.0. The molecule has 2 heterocycles. The van der Waals surface area contributed by atoms with Gasteiger partial charge in [0.1, 0.15) is 23.0 Å². The summed E-state index contributed by atoms with van der Waals surface area (Å²) < 4.78 is 37.6. The van der Waals surface area contributed by atoms with Crippen molar-refractivity contribution in [1.82, 2.24) is 0 Å². The van der Waals surface area contributed by atoms with Crippen LogP contribution in [-0.2, 0) is 9.47 Å². The molecule has 0 spiro atoms. The maximum absolute atomic E-state index is 14.1. The summed E-state index contributed by atoms with van der Waals surface area (Å²) in [6.45, 7) is 8.52. The molecule has 0 unspecified atom stereocenters. The molecule has 2 fully saturated rings. The minimum atomic E-state index is -0.528. The van der Waals surface area contributed by atoms with Crippen LogP contribution >= 0.6 is 31.9 Å². The summed E-state index contributed by atoms with van der Waals surface area (Å²) in [5, 5.41) is 3.41. The van der Waals surface area contributed by atoms with Crippen LogP contribution < -0.4 is 18.9 Å². The Morgan fingerprint density at radius 1 is 0.471 bits per heavy atom. The maximum atomic E-state index is 14.1. The highest BCUT2D eigenvalue weighted by atomic mass is 79.9. The van der Waals surface area contributed by atoms with E-state index in [1.54, 1.807) is 36.4 Å². The van der Waals surface area contributed by atoms with Crippen molar-refractivity contribution < 1.29 is 38.0 Å². The molecule has 10 rings (SSSR count). The van der Waals surface area contributed by atoms with Gasteiger partial charge in [-0.2, -0.15) is 0 Å². The van der Waals surface area contributed by atoms with Gasteiger partial charge in [0.05, 0.1) is 61.6 Å². The van der Waals surface area contributed by atoms with Gasteiger partial charge < -0.3 is 28.4 Å². The third kappa shape index (κ3) is 9.43. The Balaban J connectivity index is 0.916. The molecule has 8 aromatic carbocycles. The normalized spacial score (nSPS) is 14.7. The summed E-state index contributed by atoms with van der Waals surface area (Å²) >= 11 is 7.27. The average molecular weight is 1030 g/mol. The lowest BCUT2D eigenvalue weighted by Crippen LogP contribution is -2.46. The highest BCUT2D eigenvalue weighted by Crippen LogP contribution is 2.47. The Bertz CT molecular complexity index is 2910. The van der Waals surface area contributed by atoms with Gasteiger partial charge in [0, 0.05) is 20.1 Å². The van der Waals surface area contributed by atoms with E-state index in [4.69, 9.17) is 28.4 Å². The van der Waals surface area contributed by atoms with Crippen molar-refractivity contribution in [2.24, 2.45) is 10.8 Å². The highest BCUT2D eigenvalue weighted by Gasteiger charge is 2.38. The Labute approximate surface area is 412 Å². The number of hydrogen-bond donors (Lipinski definition) is 0. The minimum Gasteiger partial charge on any atom is -0.493 e. The van der Waals surface area contributed by atoms with Gasteiger partial charge in [0.25, 0.3) is 0 Å². The standard InChI is InChI=1S/C58H48Br2O8/c1-3-57(31-63-32-57)35-65-47-21-13-39(14-22-47)37-5-9-41(10-6-37)55(61)67-51-27-17-43-29-45(59)19-25-49(43)53(51)54-50-26-20-46(60)30-44(50)18-28-52(54)68-56(62)42-11-7-38(8-12-42)40-15-23-48(24-16-40)66-36-58(4-2)33-64-34-58/h5-30H,3-4,31-36H2,1-2H3. The zero-order valence-corrected chi connectivity index (χ0v) is 40.9. The monoisotopic (exact) mass is 1030 g/mol. The van der Waals surface area contributed by atoms with Gasteiger partial charge in [-0.15, -0.1) is 0 Å². The molecule has 2 saturated heterocycles. The molecule has 8 aromatic rings. The summed E-state index contributed by atoms with van der Waals surface area (Å²) in [7, 11) is 0. The fraction of sp³-hybridized carbons (Fsp3) is 0.207. The van der Waals surface area contributed by atoms with E-state index in [1.165, 1.54) is 0 Å². The van der Waals surface area contributed by atoms with Gasteiger partial charge in [0.15, 0.2) is 0 Å². The van der Waals surface area contributed by atoms with Crippen LogP contribution in [0.2, 0.25) is 0 Å². The largest absolute Gasteiger partial charge is 0.493 e. The number of ether oxygens (including phenoxy) is 6. The number of rotatable bonds is 15. The first-order chi connectivity index (χ1) is 33.1. The molecule has 0 radical (unpaired) electrons. The van der Waals surface area contributed by atoms with Crippen molar-refractivity contribution in [1.29, 1.82) is 0 Å². The smallest absolute Gasteiger partial charge is 0.343 e. The van der Waals surface area contributed by atoms with E-state index in [1.807, 2.05) is 121 Å². The average Bonchev–Trinajstić information content (AvgIpc) is 3.34. The third-order valence-corrected chi connectivity index (χ3v) is 14.4. The topological polar surface area (TPSA) is 89.5 Å². The van der Waals surface area contributed by atoms with E-state index >= 15 is 0 Å². The molecule has 10 heteroatoms. The second-order valence-corrected chi connectivity index (χ2v) is 19.7. The van der Waals surface area contributed by atoms with Gasteiger partial charge in [-0.3, -0.25) is 0 Å². The quantitative estimate of drug-likeness (QED) is 0.0741. The first-order valence-corrected chi connectivity index (χ1v) is 24.4. The molecule has 68 heavy (non-hydrogen) atoms. The van der Waals surface area contributed by atoms with Crippen molar-refractivity contribution in [2.45, 2.75) is 26.7 Å². The number of esters is 2. The maximum Gasteiger partial charge on any atom is 0.343 e. The second-order valence-electron chi connectivity index (χ2n) is 17.9. The lowest BCUT2D eigenvalue weighted by Gasteiger charge is -2.40. The van der Waals surface area contributed by atoms with Crippen LogP contribution in [0, 0.1) is 10.8 Å². The first-order valence-electron chi connectivity index (χ1n) is 22.8. The molecule has 0 aliphatic carbocycles. The van der Waals surface area contributed by atoms with E-state index in [0.717, 1.165) is 104 Å². The van der Waals surface area contributed by atoms with Crippen molar-refractivity contribution >= 4 is 65.3 Å². The SMILES string of the molecule is CCC1(COc2ccc(-c3ccc(C(=O)Oc4ccc5cc(Br)ccc5c4-c4c(OC(=O)c5ccc(-c6ccc(OCC7(CC)COC7)cc6)cc5)ccc5cc(Br)ccc45)cc3)cc2)COC1. The molecule has 0 aromatic heterocycles. The van der Waals surface area contributed by atoms with E-state index in [0.29, 0.717) is 47.0 Å². The molecule has 0 bridgehead atoms. The summed E-state index contributed by atoms with van der Waals surface area (Å²) in [4.78, 5) is 28.2. The second kappa shape index (κ2) is 19.4. The zero-order valence-electron chi connectivity index (χ0n) is 37.7. The number of fused-ring (bicyclic) bond motifs is 2. The van der Waals surface area contributed by atoms with E-state index in [9.17, 15) is 9.59 Å². The molecular weight excluding hydrogens is 984 g/mol. The van der Waals surface area contributed by atoms with Crippen molar-refractivity contribution in [2.75, 3.05) is 39.6 Å². The van der Waals surface area contributed by atoms with Gasteiger partial charge >= 0.3 is 11.9 Å². The molecule has 342 valence electrons. The minimum absolute atomic E-state index is 0.0966. The summed E-state index contributed by atoms with van der Waals surface area (Å²) in [5.74, 6) is 1.20. The summed E-state index contributed by atoms with van der Waals surface area (Å²) in [5.41, 5.74) is 6.07. The number of halogens is 2. The predicted octanol–water partition coefficient (Wildman–Crippen LogP) is 14.6. The van der Waals surface area contributed by atoms with Crippen molar-refractivity contribution in [3.8, 4) is 56.4 Å². The fourth-order valence-electron chi connectivity index (χ4n) is 8.68. The Hall–Kier alpha value is -6.30. The van der Waals surface area contributed by atoms with Crippen LogP contribution in [0.15, 0.2) is 167 Å². The highest BCUT2D eigenvalue weighted by molar-refractivity contribution is 9.10. The van der Waals surface area contributed by atoms with Crippen LogP contribution in [0.25, 0.3) is 54.9 Å². The molecule has 0 saturated carbocycles. The van der Waals surface area contributed by atoms with Crippen LogP contribution in [-0.4, -0.2) is 51.6 Å². The Morgan fingerprint density at radius 2 is 0.824 bits per heavy atom. The summed E-state index contributed by atoms with van der Waals surface area (Å²) in [6.07, 6.45) is 2.03. The van der Waals surface area contributed by atoms with Crippen molar-refractivity contribution in [3.63, 3.8) is 0 Å². The van der Waals surface area contributed by atoms with Gasteiger partial charge in [-0.25, -0.2) is 9.59 Å². The molecule has 0 atom stereocenters. The number of carbonyl (C=O) groups is 2. The van der Waals surface area contributed by atoms with Gasteiger partial charge in [0.2, 0.25) is 0 Å². The van der Waals surface area contributed by atoms with E-state index in [-0.39, 0.29) is 10.8 Å². The number of carbonyl (C=O) groups excluding carboxylic acids is 2. The summed E-state index contributed by atoms with van der Waals surface area (Å²) in [6, 6.07) is 50.0. The van der Waals surface area contributed by atoms with Crippen LogP contribution in [0.4, 0.5) is 0 Å². The molecule has 8 nitrogen and oxygen atoms in total. The van der Waals surface area contributed by atoms with Gasteiger partial charge in [-0.05, 0) is 142 Å². The Morgan fingerprint density at radius 3 is 1.15 bits per heavy atom. The number of hydrogen-bond acceptors (Lipinski definition) is 8. The first kappa shape index (κ1) is 45.5. The van der Waals surface area contributed by atoms with Crippen LogP contribution in [0.1, 0.15) is 47.4 Å². The lowest BCUT2D eigenvalue weighted by molar-refractivity contribution is -0.133. The predicted molar refractivity (Wildman–Crippen MR) is 274 cm³/mol. The van der Waals surface area contributed by atoms with Crippen LogP contribution in [0.5, 0.6) is 23.0 Å². The third-order valence-electron chi connectivity index (χ3n) is 13.4. The molecule has 2 aliphatic rings. The fourth-order valence-corrected chi connectivity index (χ4v) is 9.44. The van der Waals surface area contributed by atoms with Crippen molar-refractivity contribution in [3.05, 3.63) is 178 Å². The zero-order chi connectivity index (χ0) is 46.8. The molecule has 0 amide bonds. The molecular formula is C58H48Br2O8. The van der Waals surface area contributed by atoms with E-state index < -0.39 is 11.9 Å². The number of benzene rings is 8. The molecule has 0 N–H and O–H groups in total.